The molecule has 2 heterocycles. The molecule has 1 aromatic carbocycles. The van der Waals surface area contributed by atoms with Crippen molar-refractivity contribution in [2.75, 3.05) is 13.2 Å². The summed E-state index contributed by atoms with van der Waals surface area (Å²) in [6.07, 6.45) is -0.370. The Kier molecular flexibility index (Phi) is 2.76. The number of hydrogen-bond donors (Lipinski definition) is 1. The van der Waals surface area contributed by atoms with Gasteiger partial charge in [-0.15, -0.1) is 0 Å². The molecule has 0 spiro atoms. The summed E-state index contributed by atoms with van der Waals surface area (Å²) in [6, 6.07) is 6.38. The fourth-order valence-electron chi connectivity index (χ4n) is 1.94. The average molecular weight is 260 g/mol. The van der Waals surface area contributed by atoms with Crippen molar-refractivity contribution in [2.24, 2.45) is 0 Å². The predicted octanol–water partition coefficient (Wildman–Crippen LogP) is 1.48. The normalized spacial score (nSPS) is 17.4. The molecular formula is C14H12O5. The third-order valence-corrected chi connectivity index (χ3v) is 3.00. The molecule has 2 aromatic rings. The molecular weight excluding hydrogens is 248 g/mol. The molecule has 5 nitrogen and oxygen atoms in total. The fourth-order valence-corrected chi connectivity index (χ4v) is 1.94. The van der Waals surface area contributed by atoms with Crippen LogP contribution in [0.2, 0.25) is 0 Å². The molecule has 1 atom stereocenters. The zero-order valence-corrected chi connectivity index (χ0v) is 10.1. The summed E-state index contributed by atoms with van der Waals surface area (Å²) in [5.41, 5.74) is 0.607. The molecule has 0 aliphatic carbocycles. The van der Waals surface area contributed by atoms with Crippen molar-refractivity contribution in [1.29, 1.82) is 0 Å². The van der Waals surface area contributed by atoms with Crippen LogP contribution in [-0.2, 0) is 0 Å². The van der Waals surface area contributed by atoms with E-state index < -0.39 is 5.63 Å². The first-order valence-electron chi connectivity index (χ1n) is 5.83. The van der Waals surface area contributed by atoms with E-state index in [9.17, 15) is 4.79 Å². The monoisotopic (exact) mass is 260 g/mol. The highest BCUT2D eigenvalue weighted by molar-refractivity contribution is 5.80. The number of fused-ring (bicyclic) bond motifs is 2. The molecule has 98 valence electrons. The summed E-state index contributed by atoms with van der Waals surface area (Å²) in [5.74, 6) is 1.07. The Hall–Kier alpha value is -2.27. The number of ether oxygens (including phenoxy) is 2. The Morgan fingerprint density at radius 3 is 3.00 bits per heavy atom. The molecule has 1 N–H and O–H groups in total. The fraction of sp³-hybridized carbons (Fsp3) is 0.214. The van der Waals surface area contributed by atoms with E-state index in [4.69, 9.17) is 19.0 Å². The Labute approximate surface area is 108 Å². The van der Waals surface area contributed by atoms with E-state index in [2.05, 4.69) is 6.58 Å². The van der Waals surface area contributed by atoms with Gasteiger partial charge in [0, 0.05) is 17.5 Å². The molecule has 1 unspecified atom stereocenters. The van der Waals surface area contributed by atoms with Crippen LogP contribution in [0.25, 0.3) is 11.0 Å². The predicted molar refractivity (Wildman–Crippen MR) is 68.6 cm³/mol. The first kappa shape index (κ1) is 11.8. The highest BCUT2D eigenvalue weighted by Crippen LogP contribution is 2.36. The van der Waals surface area contributed by atoms with Gasteiger partial charge in [0.05, 0.1) is 6.61 Å². The quantitative estimate of drug-likeness (QED) is 0.654. The van der Waals surface area contributed by atoms with Gasteiger partial charge in [-0.2, -0.15) is 0 Å². The average Bonchev–Trinajstić information content (AvgIpc) is 2.43. The van der Waals surface area contributed by atoms with Crippen LogP contribution in [0.4, 0.5) is 0 Å². The zero-order chi connectivity index (χ0) is 13.4. The van der Waals surface area contributed by atoms with Crippen LogP contribution in [-0.4, -0.2) is 24.4 Å². The van der Waals surface area contributed by atoms with Gasteiger partial charge < -0.3 is 19.0 Å². The first-order valence-corrected chi connectivity index (χ1v) is 5.83. The van der Waals surface area contributed by atoms with Gasteiger partial charge in [0.25, 0.3) is 0 Å². The lowest BCUT2D eigenvalue weighted by atomic mass is 10.1. The topological polar surface area (TPSA) is 68.9 Å². The summed E-state index contributed by atoms with van der Waals surface area (Å²) >= 11 is 0. The summed E-state index contributed by atoms with van der Waals surface area (Å²) in [4.78, 5) is 11.2. The molecule has 3 rings (SSSR count). The lowest BCUT2D eigenvalue weighted by Gasteiger charge is -2.27. The lowest BCUT2D eigenvalue weighted by Crippen LogP contribution is -2.31. The minimum absolute atomic E-state index is 0.147. The first-order chi connectivity index (χ1) is 9.17. The van der Waals surface area contributed by atoms with Crippen molar-refractivity contribution in [1.82, 2.24) is 0 Å². The maximum Gasteiger partial charge on any atom is 0.336 e. The molecule has 5 heteroatoms. The Morgan fingerprint density at radius 2 is 2.21 bits per heavy atom. The van der Waals surface area contributed by atoms with E-state index >= 15 is 0 Å². The van der Waals surface area contributed by atoms with Crippen molar-refractivity contribution < 1.29 is 19.0 Å². The van der Waals surface area contributed by atoms with Crippen molar-refractivity contribution in [3.8, 4) is 11.5 Å². The van der Waals surface area contributed by atoms with Gasteiger partial charge in [-0.25, -0.2) is 4.79 Å². The van der Waals surface area contributed by atoms with Crippen LogP contribution >= 0.6 is 0 Å². The van der Waals surface area contributed by atoms with Crippen molar-refractivity contribution in [2.45, 2.75) is 6.10 Å². The van der Waals surface area contributed by atoms with E-state index in [-0.39, 0.29) is 19.3 Å². The molecule has 0 saturated carbocycles. The minimum Gasteiger partial charge on any atom is -0.485 e. The van der Waals surface area contributed by atoms with Crippen molar-refractivity contribution in [3.63, 3.8) is 0 Å². The second-order valence-corrected chi connectivity index (χ2v) is 4.33. The smallest absolute Gasteiger partial charge is 0.336 e. The molecule has 1 aliphatic heterocycles. The zero-order valence-electron chi connectivity index (χ0n) is 10.1. The SMILES string of the molecule is C=C(CO)C1COc2cc3oc(=O)ccc3cc2O1. The lowest BCUT2D eigenvalue weighted by molar-refractivity contribution is 0.106. The van der Waals surface area contributed by atoms with Crippen molar-refractivity contribution in [3.05, 3.63) is 46.8 Å². The molecule has 0 radical (unpaired) electrons. The number of hydrogen-bond acceptors (Lipinski definition) is 5. The van der Waals surface area contributed by atoms with Gasteiger partial charge in [-0.1, -0.05) is 6.58 Å². The maximum atomic E-state index is 11.2. The maximum absolute atomic E-state index is 11.2. The van der Waals surface area contributed by atoms with E-state index in [0.29, 0.717) is 22.7 Å². The van der Waals surface area contributed by atoms with Crippen LogP contribution in [0.1, 0.15) is 0 Å². The number of aliphatic hydroxyl groups excluding tert-OH is 1. The molecule has 1 aromatic heterocycles. The van der Waals surface area contributed by atoms with Gasteiger partial charge in [0.15, 0.2) is 17.6 Å². The van der Waals surface area contributed by atoms with E-state index in [0.717, 1.165) is 5.39 Å². The highest BCUT2D eigenvalue weighted by Gasteiger charge is 2.23. The number of benzene rings is 1. The standard InChI is InChI=1S/C14H12O5/c1-8(6-15)13-7-17-11-5-10-9(4-12(11)18-13)2-3-14(16)19-10/h2-5,13,15H,1,6-7H2. The molecule has 0 fully saturated rings. The second-order valence-electron chi connectivity index (χ2n) is 4.33. The van der Waals surface area contributed by atoms with Gasteiger partial charge in [-0.3, -0.25) is 0 Å². The van der Waals surface area contributed by atoms with Gasteiger partial charge in [0.2, 0.25) is 0 Å². The molecule has 0 amide bonds. The summed E-state index contributed by atoms with van der Waals surface area (Å²) in [7, 11) is 0. The largest absolute Gasteiger partial charge is 0.485 e. The van der Waals surface area contributed by atoms with Crippen LogP contribution in [0.5, 0.6) is 11.5 Å². The number of rotatable bonds is 2. The van der Waals surface area contributed by atoms with Gasteiger partial charge in [0.1, 0.15) is 12.2 Å². The van der Waals surface area contributed by atoms with Crippen LogP contribution in [0.15, 0.2) is 45.6 Å². The Balaban J connectivity index is 2.03. The summed E-state index contributed by atoms with van der Waals surface area (Å²) < 4.78 is 16.3. The van der Waals surface area contributed by atoms with E-state index in [1.54, 1.807) is 18.2 Å². The molecule has 0 bridgehead atoms. The van der Waals surface area contributed by atoms with E-state index in [1.807, 2.05) is 0 Å². The van der Waals surface area contributed by atoms with E-state index in [1.165, 1.54) is 6.07 Å². The molecule has 19 heavy (non-hydrogen) atoms. The van der Waals surface area contributed by atoms with Crippen LogP contribution in [0.3, 0.4) is 0 Å². The third-order valence-electron chi connectivity index (χ3n) is 3.00. The molecule has 0 saturated heterocycles. The Bertz CT molecular complexity index is 701. The number of aliphatic hydroxyl groups is 1. The highest BCUT2D eigenvalue weighted by atomic mass is 16.6. The van der Waals surface area contributed by atoms with Gasteiger partial charge in [-0.05, 0) is 17.7 Å². The van der Waals surface area contributed by atoms with Crippen LogP contribution in [0, 0.1) is 0 Å². The van der Waals surface area contributed by atoms with Crippen LogP contribution < -0.4 is 15.1 Å². The minimum atomic E-state index is -0.407. The second kappa shape index (κ2) is 4.44. The summed E-state index contributed by atoms with van der Waals surface area (Å²) in [6.45, 7) is 3.85. The molecule has 1 aliphatic rings. The third kappa shape index (κ3) is 2.08. The summed E-state index contributed by atoms with van der Waals surface area (Å²) in [5, 5.41) is 9.80. The van der Waals surface area contributed by atoms with Gasteiger partial charge >= 0.3 is 5.63 Å². The Morgan fingerprint density at radius 1 is 1.37 bits per heavy atom. The van der Waals surface area contributed by atoms with Crippen molar-refractivity contribution >= 4 is 11.0 Å².